The van der Waals surface area contributed by atoms with E-state index in [2.05, 4.69) is 21.2 Å². The van der Waals surface area contributed by atoms with Crippen LogP contribution in [0.25, 0.3) is 0 Å². The fraction of sp³-hybridized carbons (Fsp3) is 0.250. The lowest BCUT2D eigenvalue weighted by atomic mass is 10.1. The molecule has 0 saturated heterocycles. The summed E-state index contributed by atoms with van der Waals surface area (Å²) in [7, 11) is 0. The van der Waals surface area contributed by atoms with Crippen molar-refractivity contribution >= 4 is 27.8 Å². The highest BCUT2D eigenvalue weighted by Crippen LogP contribution is 2.18. The number of esters is 1. The highest BCUT2D eigenvalue weighted by Gasteiger charge is 2.24. The molecular formula is C16H16BrNO4. The highest BCUT2D eigenvalue weighted by atomic mass is 79.9. The number of benzene rings is 1. The zero-order valence-electron chi connectivity index (χ0n) is 12.0. The van der Waals surface area contributed by atoms with Gasteiger partial charge in [-0.3, -0.25) is 4.79 Å². The van der Waals surface area contributed by atoms with Crippen LogP contribution < -0.4 is 5.32 Å². The fourth-order valence-electron chi connectivity index (χ4n) is 1.96. The maximum atomic E-state index is 12.1. The molecule has 1 N–H and O–H groups in total. The lowest BCUT2D eigenvalue weighted by molar-refractivity contribution is -0.145. The minimum atomic E-state index is -0.781. The van der Waals surface area contributed by atoms with Crippen LogP contribution in [-0.4, -0.2) is 24.5 Å². The molecule has 1 aromatic heterocycles. The normalized spacial score (nSPS) is 11.7. The Morgan fingerprint density at radius 2 is 2.05 bits per heavy atom. The summed E-state index contributed by atoms with van der Waals surface area (Å²) in [5.41, 5.74) is 0.903. The first kappa shape index (κ1) is 16.3. The van der Waals surface area contributed by atoms with Crippen molar-refractivity contribution in [1.29, 1.82) is 0 Å². The predicted octanol–water partition coefficient (Wildman–Crippen LogP) is 2.95. The van der Waals surface area contributed by atoms with E-state index in [9.17, 15) is 9.59 Å². The molecule has 0 spiro atoms. The second-order valence-electron chi connectivity index (χ2n) is 4.55. The number of nitrogens with one attached hydrogen (secondary N) is 1. The first-order valence-electron chi connectivity index (χ1n) is 6.86. The summed E-state index contributed by atoms with van der Waals surface area (Å²) >= 11 is 3.43. The van der Waals surface area contributed by atoms with Crippen molar-refractivity contribution in [2.45, 2.75) is 19.4 Å². The Morgan fingerprint density at radius 1 is 1.27 bits per heavy atom. The largest absolute Gasteiger partial charge is 0.464 e. The molecule has 1 aromatic carbocycles. The van der Waals surface area contributed by atoms with Crippen LogP contribution in [0.5, 0.6) is 0 Å². The number of halogens is 1. The van der Waals surface area contributed by atoms with Gasteiger partial charge in [0, 0.05) is 10.9 Å². The summed E-state index contributed by atoms with van der Waals surface area (Å²) in [5.74, 6) is -0.769. The van der Waals surface area contributed by atoms with Gasteiger partial charge in [-0.1, -0.05) is 34.1 Å². The lowest BCUT2D eigenvalue weighted by Gasteiger charge is -2.17. The minimum Gasteiger partial charge on any atom is -0.464 e. The third kappa shape index (κ3) is 4.21. The molecule has 0 fully saturated rings. The summed E-state index contributed by atoms with van der Waals surface area (Å²) in [6, 6.07) is 9.89. The monoisotopic (exact) mass is 365 g/mol. The average Bonchev–Trinajstić information content (AvgIpc) is 3.03. The Hall–Kier alpha value is -2.08. The number of ether oxygens (including phenoxy) is 1. The van der Waals surface area contributed by atoms with Gasteiger partial charge in [0.1, 0.15) is 6.04 Å². The van der Waals surface area contributed by atoms with Gasteiger partial charge in [-0.25, -0.2) is 4.79 Å². The van der Waals surface area contributed by atoms with Gasteiger partial charge in [-0.05, 0) is 30.7 Å². The van der Waals surface area contributed by atoms with E-state index in [4.69, 9.17) is 9.15 Å². The van der Waals surface area contributed by atoms with E-state index in [1.165, 1.54) is 12.3 Å². The fourth-order valence-corrected chi connectivity index (χ4v) is 2.40. The molecule has 0 aliphatic rings. The Kier molecular flexibility index (Phi) is 5.77. The second kappa shape index (κ2) is 7.79. The topological polar surface area (TPSA) is 68.5 Å². The van der Waals surface area contributed by atoms with Crippen molar-refractivity contribution in [3.63, 3.8) is 0 Å². The van der Waals surface area contributed by atoms with Crippen LogP contribution in [0.15, 0.2) is 51.6 Å². The standard InChI is InChI=1S/C16H16BrNO4/c1-2-21-16(20)13(10-11-6-3-4-7-12(11)17)18-15(19)14-8-5-9-22-14/h3-9,13H,2,10H2,1H3,(H,18,19)/t13-/m0/s1. The van der Waals surface area contributed by atoms with Gasteiger partial charge in [0.25, 0.3) is 5.91 Å². The zero-order chi connectivity index (χ0) is 15.9. The van der Waals surface area contributed by atoms with Crippen molar-refractivity contribution in [2.24, 2.45) is 0 Å². The van der Waals surface area contributed by atoms with Crippen LogP contribution in [0.3, 0.4) is 0 Å². The summed E-state index contributed by atoms with van der Waals surface area (Å²) in [6.07, 6.45) is 1.73. The molecule has 1 amide bonds. The Morgan fingerprint density at radius 3 is 2.68 bits per heavy atom. The number of carbonyl (C=O) groups is 2. The maximum absolute atomic E-state index is 12.1. The van der Waals surface area contributed by atoms with Crippen LogP contribution in [-0.2, 0) is 16.0 Å². The molecule has 0 saturated carbocycles. The summed E-state index contributed by atoms with van der Waals surface area (Å²) in [5, 5.41) is 2.65. The van der Waals surface area contributed by atoms with E-state index in [1.807, 2.05) is 24.3 Å². The van der Waals surface area contributed by atoms with Crippen LogP contribution in [0.1, 0.15) is 23.0 Å². The van der Waals surface area contributed by atoms with E-state index in [0.717, 1.165) is 10.0 Å². The van der Waals surface area contributed by atoms with Crippen molar-refractivity contribution < 1.29 is 18.7 Å². The zero-order valence-corrected chi connectivity index (χ0v) is 13.6. The Bertz CT molecular complexity index is 639. The van der Waals surface area contributed by atoms with E-state index in [-0.39, 0.29) is 12.4 Å². The molecule has 0 aliphatic heterocycles. The van der Waals surface area contributed by atoms with Crippen molar-refractivity contribution in [3.8, 4) is 0 Å². The molecule has 0 bridgehead atoms. The third-order valence-electron chi connectivity index (χ3n) is 3.00. The molecular weight excluding hydrogens is 350 g/mol. The van der Waals surface area contributed by atoms with Crippen LogP contribution in [0.4, 0.5) is 0 Å². The highest BCUT2D eigenvalue weighted by molar-refractivity contribution is 9.10. The SMILES string of the molecule is CCOC(=O)[C@H](Cc1ccccc1Br)NC(=O)c1ccco1. The van der Waals surface area contributed by atoms with Gasteiger partial charge in [0.05, 0.1) is 12.9 Å². The van der Waals surface area contributed by atoms with Crippen LogP contribution >= 0.6 is 15.9 Å². The van der Waals surface area contributed by atoms with Gasteiger partial charge >= 0.3 is 5.97 Å². The molecule has 116 valence electrons. The van der Waals surface area contributed by atoms with Gasteiger partial charge in [0.15, 0.2) is 5.76 Å². The number of hydrogen-bond donors (Lipinski definition) is 1. The summed E-state index contributed by atoms with van der Waals surface area (Å²) in [4.78, 5) is 24.2. The molecule has 0 aliphatic carbocycles. The summed E-state index contributed by atoms with van der Waals surface area (Å²) in [6.45, 7) is 1.98. The molecule has 1 heterocycles. The quantitative estimate of drug-likeness (QED) is 0.799. The van der Waals surface area contributed by atoms with Gasteiger partial charge < -0.3 is 14.5 Å². The van der Waals surface area contributed by atoms with Crippen LogP contribution in [0.2, 0.25) is 0 Å². The van der Waals surface area contributed by atoms with Crippen molar-refractivity contribution in [2.75, 3.05) is 6.61 Å². The number of amides is 1. The number of rotatable bonds is 6. The van der Waals surface area contributed by atoms with Gasteiger partial charge in [0.2, 0.25) is 0 Å². The van der Waals surface area contributed by atoms with E-state index in [0.29, 0.717) is 6.42 Å². The van der Waals surface area contributed by atoms with E-state index >= 15 is 0 Å². The smallest absolute Gasteiger partial charge is 0.328 e. The molecule has 0 unspecified atom stereocenters. The Labute approximate surface area is 136 Å². The first-order chi connectivity index (χ1) is 10.6. The van der Waals surface area contributed by atoms with Crippen LogP contribution in [0, 0.1) is 0 Å². The molecule has 2 aromatic rings. The predicted molar refractivity (Wildman–Crippen MR) is 84.4 cm³/mol. The summed E-state index contributed by atoms with van der Waals surface area (Å²) < 4.78 is 10.9. The third-order valence-corrected chi connectivity index (χ3v) is 3.78. The average molecular weight is 366 g/mol. The molecule has 6 heteroatoms. The van der Waals surface area contributed by atoms with Crippen molar-refractivity contribution in [3.05, 3.63) is 58.5 Å². The number of furan rings is 1. The Balaban J connectivity index is 2.14. The molecule has 2 rings (SSSR count). The van der Waals surface area contributed by atoms with Crippen molar-refractivity contribution in [1.82, 2.24) is 5.32 Å². The minimum absolute atomic E-state index is 0.154. The molecule has 1 atom stereocenters. The lowest BCUT2D eigenvalue weighted by Crippen LogP contribution is -2.43. The number of carbonyl (C=O) groups excluding carboxylic acids is 2. The molecule has 0 radical (unpaired) electrons. The molecule has 5 nitrogen and oxygen atoms in total. The van der Waals surface area contributed by atoms with E-state index in [1.54, 1.807) is 13.0 Å². The maximum Gasteiger partial charge on any atom is 0.328 e. The van der Waals surface area contributed by atoms with Gasteiger partial charge in [-0.2, -0.15) is 0 Å². The number of hydrogen-bond acceptors (Lipinski definition) is 4. The van der Waals surface area contributed by atoms with E-state index < -0.39 is 17.9 Å². The molecule has 22 heavy (non-hydrogen) atoms. The van der Waals surface area contributed by atoms with Gasteiger partial charge in [-0.15, -0.1) is 0 Å². The first-order valence-corrected chi connectivity index (χ1v) is 7.65. The second-order valence-corrected chi connectivity index (χ2v) is 5.41.